The summed E-state index contributed by atoms with van der Waals surface area (Å²) in [6.07, 6.45) is 8.82. The molecular formula is C16H22N6O. The first kappa shape index (κ1) is 15.5. The summed E-state index contributed by atoms with van der Waals surface area (Å²) in [7, 11) is 4.00. The van der Waals surface area contributed by atoms with Crippen LogP contribution in [0.2, 0.25) is 0 Å². The summed E-state index contributed by atoms with van der Waals surface area (Å²) in [5.41, 5.74) is 1.79. The number of hydrogen-bond acceptors (Lipinski definition) is 4. The van der Waals surface area contributed by atoms with E-state index in [0.29, 0.717) is 17.5 Å². The molecule has 3 rings (SSSR count). The van der Waals surface area contributed by atoms with E-state index in [1.807, 2.05) is 37.1 Å². The average Bonchev–Trinajstić information content (AvgIpc) is 2.84. The van der Waals surface area contributed by atoms with Crippen molar-refractivity contribution in [2.24, 2.45) is 0 Å². The van der Waals surface area contributed by atoms with Crippen molar-refractivity contribution < 1.29 is 4.79 Å². The molecule has 0 unspecified atom stereocenters. The third-order valence-corrected chi connectivity index (χ3v) is 3.87. The van der Waals surface area contributed by atoms with Crippen LogP contribution in [0.5, 0.6) is 0 Å². The minimum Gasteiger partial charge on any atom is -0.305 e. The highest BCUT2D eigenvalue weighted by atomic mass is 16.2. The van der Waals surface area contributed by atoms with Crippen molar-refractivity contribution in [3.63, 3.8) is 0 Å². The summed E-state index contributed by atoms with van der Waals surface area (Å²) in [6, 6.07) is 3.98. The quantitative estimate of drug-likeness (QED) is 0.890. The lowest BCUT2D eigenvalue weighted by Crippen LogP contribution is -2.20. The fourth-order valence-electron chi connectivity index (χ4n) is 2.54. The predicted molar refractivity (Wildman–Crippen MR) is 89.4 cm³/mol. The van der Waals surface area contributed by atoms with Gasteiger partial charge in [-0.2, -0.15) is 5.10 Å². The summed E-state index contributed by atoms with van der Waals surface area (Å²) in [6.45, 7) is 0.799. The molecule has 0 aliphatic heterocycles. The Kier molecular flexibility index (Phi) is 4.57. The molecule has 2 heterocycles. The molecular weight excluding hydrogens is 292 g/mol. The zero-order valence-electron chi connectivity index (χ0n) is 13.5. The van der Waals surface area contributed by atoms with E-state index in [9.17, 15) is 4.79 Å². The molecule has 122 valence electrons. The van der Waals surface area contributed by atoms with Crippen LogP contribution in [-0.4, -0.2) is 39.8 Å². The molecule has 23 heavy (non-hydrogen) atoms. The van der Waals surface area contributed by atoms with Gasteiger partial charge >= 0.3 is 6.03 Å². The van der Waals surface area contributed by atoms with Gasteiger partial charge in [-0.15, -0.1) is 0 Å². The van der Waals surface area contributed by atoms with Crippen LogP contribution in [-0.2, 0) is 6.54 Å². The number of urea groups is 1. The zero-order chi connectivity index (χ0) is 16.2. The Balaban J connectivity index is 1.57. The van der Waals surface area contributed by atoms with Crippen LogP contribution in [0.1, 0.15) is 30.9 Å². The van der Waals surface area contributed by atoms with Crippen molar-refractivity contribution in [1.82, 2.24) is 19.7 Å². The first-order valence-corrected chi connectivity index (χ1v) is 7.82. The fraction of sp³-hybridized carbons (Fsp3) is 0.438. The summed E-state index contributed by atoms with van der Waals surface area (Å²) in [4.78, 5) is 18.3. The Labute approximate surface area is 135 Å². The summed E-state index contributed by atoms with van der Waals surface area (Å²) in [5.74, 6) is 0.535. The van der Waals surface area contributed by atoms with Crippen molar-refractivity contribution >= 4 is 17.5 Å². The molecule has 2 N–H and O–H groups in total. The number of nitrogens with one attached hydrogen (secondary N) is 2. The van der Waals surface area contributed by atoms with Gasteiger partial charge in [0.15, 0.2) is 0 Å². The molecule has 2 aromatic heterocycles. The SMILES string of the molecule is CN(C)Cc1ccnc(NC(=O)Nc2cnn(C3CCC3)c2)c1. The van der Waals surface area contributed by atoms with Crippen molar-refractivity contribution in [3.05, 3.63) is 36.3 Å². The average molecular weight is 314 g/mol. The van der Waals surface area contributed by atoms with Gasteiger partial charge in [-0.3, -0.25) is 10.00 Å². The highest BCUT2D eigenvalue weighted by molar-refractivity contribution is 5.98. The van der Waals surface area contributed by atoms with Gasteiger partial charge in [0.25, 0.3) is 0 Å². The van der Waals surface area contributed by atoms with Gasteiger partial charge in [0.2, 0.25) is 0 Å². The van der Waals surface area contributed by atoms with Gasteiger partial charge in [-0.25, -0.2) is 9.78 Å². The number of carbonyl (C=O) groups is 1. The minimum atomic E-state index is -0.312. The van der Waals surface area contributed by atoms with Gasteiger partial charge in [-0.1, -0.05) is 0 Å². The second-order valence-electron chi connectivity index (χ2n) is 6.16. The smallest absolute Gasteiger partial charge is 0.305 e. The van der Waals surface area contributed by atoms with Crippen molar-refractivity contribution in [2.45, 2.75) is 31.8 Å². The number of aromatic nitrogens is 3. The highest BCUT2D eigenvalue weighted by Gasteiger charge is 2.20. The maximum atomic E-state index is 12.1. The number of hydrogen-bond donors (Lipinski definition) is 2. The van der Waals surface area contributed by atoms with Gasteiger partial charge in [0.05, 0.1) is 17.9 Å². The molecule has 1 fully saturated rings. The molecule has 0 saturated heterocycles. The van der Waals surface area contributed by atoms with Gasteiger partial charge in [0, 0.05) is 18.9 Å². The Morgan fingerprint density at radius 3 is 2.91 bits per heavy atom. The number of carbonyl (C=O) groups excluding carboxylic acids is 1. The van der Waals surface area contributed by atoms with Crippen LogP contribution in [0.15, 0.2) is 30.7 Å². The fourth-order valence-corrected chi connectivity index (χ4v) is 2.54. The molecule has 0 aromatic carbocycles. The summed E-state index contributed by atoms with van der Waals surface area (Å²) >= 11 is 0. The molecule has 0 atom stereocenters. The van der Waals surface area contributed by atoms with Crippen LogP contribution in [0, 0.1) is 0 Å². The van der Waals surface area contributed by atoms with E-state index in [1.165, 1.54) is 6.42 Å². The maximum absolute atomic E-state index is 12.1. The summed E-state index contributed by atoms with van der Waals surface area (Å²) in [5, 5.41) is 9.84. The van der Waals surface area contributed by atoms with E-state index in [1.54, 1.807) is 12.4 Å². The third kappa shape index (κ3) is 4.07. The first-order chi connectivity index (χ1) is 11.1. The van der Waals surface area contributed by atoms with Gasteiger partial charge in [0.1, 0.15) is 5.82 Å². The lowest BCUT2D eigenvalue weighted by Gasteiger charge is -2.25. The van der Waals surface area contributed by atoms with E-state index >= 15 is 0 Å². The van der Waals surface area contributed by atoms with Crippen molar-refractivity contribution in [1.29, 1.82) is 0 Å². The van der Waals surface area contributed by atoms with Crippen LogP contribution in [0.4, 0.5) is 16.3 Å². The normalized spacial score (nSPS) is 14.6. The van der Waals surface area contributed by atoms with Crippen LogP contribution < -0.4 is 10.6 Å². The standard InChI is InChI=1S/C16H22N6O/c1-21(2)10-12-6-7-17-15(8-12)20-16(23)19-13-9-18-22(11-13)14-4-3-5-14/h6-9,11,14H,3-5,10H2,1-2H3,(H2,17,19,20,23). The van der Waals surface area contributed by atoms with E-state index in [2.05, 4.69) is 25.6 Å². The molecule has 0 spiro atoms. The van der Waals surface area contributed by atoms with Crippen LogP contribution in [0.25, 0.3) is 0 Å². The maximum Gasteiger partial charge on any atom is 0.324 e. The highest BCUT2D eigenvalue weighted by Crippen LogP contribution is 2.31. The second-order valence-corrected chi connectivity index (χ2v) is 6.16. The van der Waals surface area contributed by atoms with Crippen molar-refractivity contribution in [2.75, 3.05) is 24.7 Å². The second kappa shape index (κ2) is 6.78. The van der Waals surface area contributed by atoms with Gasteiger partial charge in [-0.05, 0) is 51.1 Å². The number of anilines is 2. The Morgan fingerprint density at radius 1 is 1.39 bits per heavy atom. The molecule has 1 aliphatic rings. The Bertz CT molecular complexity index is 677. The van der Waals surface area contributed by atoms with Crippen LogP contribution in [0.3, 0.4) is 0 Å². The monoisotopic (exact) mass is 314 g/mol. The Hall–Kier alpha value is -2.41. The number of pyridine rings is 1. The van der Waals surface area contributed by atoms with Gasteiger partial charge < -0.3 is 10.2 Å². The molecule has 2 amide bonds. The largest absolute Gasteiger partial charge is 0.324 e. The van der Waals surface area contributed by atoms with E-state index in [4.69, 9.17) is 0 Å². The van der Waals surface area contributed by atoms with E-state index in [0.717, 1.165) is 24.9 Å². The first-order valence-electron chi connectivity index (χ1n) is 7.82. The van der Waals surface area contributed by atoms with E-state index < -0.39 is 0 Å². The Morgan fingerprint density at radius 2 is 2.22 bits per heavy atom. The number of amides is 2. The zero-order valence-corrected chi connectivity index (χ0v) is 13.5. The molecule has 0 bridgehead atoms. The molecule has 0 radical (unpaired) electrons. The topological polar surface area (TPSA) is 75.1 Å². The molecule has 7 heteroatoms. The predicted octanol–water partition coefficient (Wildman–Crippen LogP) is 2.71. The minimum absolute atomic E-state index is 0.312. The summed E-state index contributed by atoms with van der Waals surface area (Å²) < 4.78 is 1.93. The molecule has 1 aliphatic carbocycles. The third-order valence-electron chi connectivity index (χ3n) is 3.87. The molecule has 2 aromatic rings. The lowest BCUT2D eigenvalue weighted by atomic mass is 9.93. The van der Waals surface area contributed by atoms with Crippen LogP contribution >= 0.6 is 0 Å². The lowest BCUT2D eigenvalue weighted by molar-refractivity contribution is 0.262. The molecule has 1 saturated carbocycles. The van der Waals surface area contributed by atoms with E-state index in [-0.39, 0.29) is 6.03 Å². The number of nitrogens with zero attached hydrogens (tertiary/aromatic N) is 4. The number of rotatable bonds is 5. The molecule has 7 nitrogen and oxygen atoms in total. The van der Waals surface area contributed by atoms with Crippen molar-refractivity contribution in [3.8, 4) is 0 Å².